The smallest absolute Gasteiger partial charge is 0.248 e. The number of hydrogen-bond acceptors (Lipinski definition) is 3. The molecular formula is C19H21N3O2. The van der Waals surface area contributed by atoms with E-state index in [0.717, 1.165) is 16.8 Å². The molecular weight excluding hydrogens is 302 g/mol. The lowest BCUT2D eigenvalue weighted by molar-refractivity contribution is -0.119. The molecule has 0 bridgehead atoms. The zero-order valence-electron chi connectivity index (χ0n) is 13.6. The van der Waals surface area contributed by atoms with E-state index in [9.17, 15) is 9.59 Å². The highest BCUT2D eigenvalue weighted by Crippen LogP contribution is 2.38. The van der Waals surface area contributed by atoms with Gasteiger partial charge in [0, 0.05) is 23.8 Å². The van der Waals surface area contributed by atoms with Gasteiger partial charge in [0.25, 0.3) is 0 Å². The van der Waals surface area contributed by atoms with Crippen LogP contribution in [0.15, 0.2) is 48.5 Å². The molecule has 1 heterocycles. The molecule has 1 aliphatic rings. The molecule has 3 rings (SSSR count). The Hall–Kier alpha value is -2.82. The van der Waals surface area contributed by atoms with Gasteiger partial charge in [-0.25, -0.2) is 0 Å². The molecule has 2 atom stereocenters. The van der Waals surface area contributed by atoms with Crippen LogP contribution in [-0.2, 0) is 11.3 Å². The van der Waals surface area contributed by atoms with Crippen LogP contribution in [0.1, 0.15) is 40.7 Å². The molecule has 0 aliphatic carbocycles. The number of nitrogens with two attached hydrogens (primary N) is 2. The predicted molar refractivity (Wildman–Crippen MR) is 93.6 cm³/mol. The normalized spacial score (nSPS) is 19.6. The SMILES string of the molecule is C[C@H]1C[C@H](C(N)=O)c2ccccc2N1Cc1ccc(C(N)=O)cc1. The molecule has 124 valence electrons. The van der Waals surface area contributed by atoms with Crippen LogP contribution in [0.5, 0.6) is 0 Å². The summed E-state index contributed by atoms with van der Waals surface area (Å²) in [4.78, 5) is 25.2. The van der Waals surface area contributed by atoms with E-state index in [1.165, 1.54) is 0 Å². The Morgan fingerprint density at radius 1 is 1.08 bits per heavy atom. The maximum atomic E-state index is 11.8. The minimum absolute atomic E-state index is 0.188. The van der Waals surface area contributed by atoms with Gasteiger partial charge in [-0.3, -0.25) is 9.59 Å². The average molecular weight is 323 g/mol. The summed E-state index contributed by atoms with van der Waals surface area (Å²) >= 11 is 0. The molecule has 0 saturated carbocycles. The number of carbonyl (C=O) groups is 2. The third-order valence-electron chi connectivity index (χ3n) is 4.67. The van der Waals surface area contributed by atoms with E-state index in [1.807, 2.05) is 36.4 Å². The Kier molecular flexibility index (Phi) is 4.25. The van der Waals surface area contributed by atoms with Crippen LogP contribution >= 0.6 is 0 Å². The predicted octanol–water partition coefficient (Wildman–Crippen LogP) is 2.15. The molecule has 5 nitrogen and oxygen atoms in total. The molecule has 4 N–H and O–H groups in total. The van der Waals surface area contributed by atoms with Gasteiger partial charge in [-0.2, -0.15) is 0 Å². The number of benzene rings is 2. The Morgan fingerprint density at radius 3 is 2.38 bits per heavy atom. The summed E-state index contributed by atoms with van der Waals surface area (Å²) in [6.07, 6.45) is 0.700. The highest BCUT2D eigenvalue weighted by Gasteiger charge is 2.32. The van der Waals surface area contributed by atoms with Gasteiger partial charge in [-0.1, -0.05) is 30.3 Å². The highest BCUT2D eigenvalue weighted by atomic mass is 16.1. The van der Waals surface area contributed by atoms with Crippen molar-refractivity contribution in [3.8, 4) is 0 Å². The lowest BCUT2D eigenvalue weighted by Gasteiger charge is -2.40. The third-order valence-corrected chi connectivity index (χ3v) is 4.67. The molecule has 0 fully saturated rings. The summed E-state index contributed by atoms with van der Waals surface area (Å²) in [6.45, 7) is 2.80. The molecule has 2 aromatic carbocycles. The van der Waals surface area contributed by atoms with Crippen molar-refractivity contribution >= 4 is 17.5 Å². The fourth-order valence-electron chi connectivity index (χ4n) is 3.36. The van der Waals surface area contributed by atoms with Crippen LogP contribution in [0.4, 0.5) is 5.69 Å². The van der Waals surface area contributed by atoms with Crippen molar-refractivity contribution < 1.29 is 9.59 Å². The van der Waals surface area contributed by atoms with E-state index in [4.69, 9.17) is 11.5 Å². The lowest BCUT2D eigenvalue weighted by Crippen LogP contribution is -2.41. The maximum Gasteiger partial charge on any atom is 0.248 e. The summed E-state index contributed by atoms with van der Waals surface area (Å²) in [7, 11) is 0. The first-order valence-corrected chi connectivity index (χ1v) is 8.01. The Morgan fingerprint density at radius 2 is 1.75 bits per heavy atom. The van der Waals surface area contributed by atoms with Gasteiger partial charge < -0.3 is 16.4 Å². The van der Waals surface area contributed by atoms with E-state index in [0.29, 0.717) is 18.5 Å². The maximum absolute atomic E-state index is 11.8. The number of nitrogens with zero attached hydrogens (tertiary/aromatic N) is 1. The molecule has 0 aromatic heterocycles. The quantitative estimate of drug-likeness (QED) is 0.903. The van der Waals surface area contributed by atoms with Crippen molar-refractivity contribution in [1.29, 1.82) is 0 Å². The minimum atomic E-state index is -0.428. The van der Waals surface area contributed by atoms with E-state index in [2.05, 4.69) is 11.8 Å². The summed E-state index contributed by atoms with van der Waals surface area (Å²) in [6, 6.07) is 15.4. The minimum Gasteiger partial charge on any atom is -0.369 e. The Labute approximate surface area is 141 Å². The molecule has 5 heteroatoms. The standard InChI is InChI=1S/C19H21N3O2/c1-12-10-16(19(21)24)15-4-2-3-5-17(15)22(12)11-13-6-8-14(9-7-13)18(20)23/h2-9,12,16H,10-11H2,1H3,(H2,20,23)(H2,21,24)/t12-,16-/m0/s1. The Balaban J connectivity index is 1.91. The van der Waals surface area contributed by atoms with E-state index < -0.39 is 5.91 Å². The van der Waals surface area contributed by atoms with Crippen molar-refractivity contribution in [3.63, 3.8) is 0 Å². The van der Waals surface area contributed by atoms with Gasteiger partial charge >= 0.3 is 0 Å². The van der Waals surface area contributed by atoms with Crippen molar-refractivity contribution in [3.05, 3.63) is 65.2 Å². The molecule has 1 aliphatic heterocycles. The van der Waals surface area contributed by atoms with Gasteiger partial charge in [0.2, 0.25) is 11.8 Å². The van der Waals surface area contributed by atoms with E-state index in [-0.39, 0.29) is 17.9 Å². The van der Waals surface area contributed by atoms with Crippen LogP contribution in [0.2, 0.25) is 0 Å². The van der Waals surface area contributed by atoms with Crippen molar-refractivity contribution in [2.24, 2.45) is 11.5 Å². The average Bonchev–Trinajstić information content (AvgIpc) is 2.57. The second-order valence-electron chi connectivity index (χ2n) is 6.29. The zero-order valence-corrected chi connectivity index (χ0v) is 13.6. The fourth-order valence-corrected chi connectivity index (χ4v) is 3.36. The highest BCUT2D eigenvalue weighted by molar-refractivity contribution is 5.92. The van der Waals surface area contributed by atoms with Crippen LogP contribution < -0.4 is 16.4 Å². The number of rotatable bonds is 4. The number of primary amides is 2. The van der Waals surface area contributed by atoms with Crippen LogP contribution in [0.3, 0.4) is 0 Å². The summed E-state index contributed by atoms with van der Waals surface area (Å²) in [5.74, 6) is -0.952. The Bertz CT molecular complexity index is 770. The van der Waals surface area contributed by atoms with Gasteiger partial charge in [0.15, 0.2) is 0 Å². The zero-order chi connectivity index (χ0) is 17.3. The first-order chi connectivity index (χ1) is 11.5. The number of amides is 2. The van der Waals surface area contributed by atoms with Gasteiger partial charge in [-0.05, 0) is 42.7 Å². The monoisotopic (exact) mass is 323 g/mol. The number of hydrogen-bond donors (Lipinski definition) is 2. The van der Waals surface area contributed by atoms with E-state index >= 15 is 0 Å². The van der Waals surface area contributed by atoms with Crippen LogP contribution in [0.25, 0.3) is 0 Å². The molecule has 0 saturated heterocycles. The van der Waals surface area contributed by atoms with Crippen LogP contribution in [-0.4, -0.2) is 17.9 Å². The van der Waals surface area contributed by atoms with Gasteiger partial charge in [0.05, 0.1) is 5.92 Å². The molecule has 0 spiro atoms. The third kappa shape index (κ3) is 2.97. The number of para-hydroxylation sites is 1. The molecule has 2 aromatic rings. The van der Waals surface area contributed by atoms with Crippen molar-refractivity contribution in [1.82, 2.24) is 0 Å². The largest absolute Gasteiger partial charge is 0.369 e. The summed E-state index contributed by atoms with van der Waals surface area (Å²) < 4.78 is 0. The van der Waals surface area contributed by atoms with Gasteiger partial charge in [0.1, 0.15) is 0 Å². The number of carbonyl (C=O) groups excluding carboxylic acids is 2. The first-order valence-electron chi connectivity index (χ1n) is 8.01. The second kappa shape index (κ2) is 6.35. The number of fused-ring (bicyclic) bond motifs is 1. The van der Waals surface area contributed by atoms with Gasteiger partial charge in [-0.15, -0.1) is 0 Å². The van der Waals surface area contributed by atoms with Crippen molar-refractivity contribution in [2.45, 2.75) is 31.8 Å². The van der Waals surface area contributed by atoms with E-state index in [1.54, 1.807) is 12.1 Å². The first kappa shape index (κ1) is 16.1. The van der Waals surface area contributed by atoms with Crippen molar-refractivity contribution in [2.75, 3.05) is 4.90 Å². The second-order valence-corrected chi connectivity index (χ2v) is 6.29. The molecule has 24 heavy (non-hydrogen) atoms. The molecule has 2 amide bonds. The topological polar surface area (TPSA) is 89.4 Å². The summed E-state index contributed by atoms with van der Waals surface area (Å²) in [5.41, 5.74) is 14.5. The summed E-state index contributed by atoms with van der Waals surface area (Å²) in [5, 5.41) is 0. The number of anilines is 1. The molecule has 0 unspecified atom stereocenters. The lowest BCUT2D eigenvalue weighted by atomic mass is 9.85. The molecule has 0 radical (unpaired) electrons. The van der Waals surface area contributed by atoms with Crippen LogP contribution in [0, 0.1) is 0 Å². The fraction of sp³-hybridized carbons (Fsp3) is 0.263.